The monoisotopic (exact) mass is 301 g/mol. The van der Waals surface area contributed by atoms with Gasteiger partial charge in [0, 0.05) is 30.4 Å². The Balaban J connectivity index is 1.77. The van der Waals surface area contributed by atoms with Crippen LogP contribution in [0.15, 0.2) is 23.6 Å². The Hall–Kier alpha value is -1.75. The van der Waals surface area contributed by atoms with E-state index in [2.05, 4.69) is 14.9 Å². The number of rotatable bonds is 4. The van der Waals surface area contributed by atoms with Gasteiger partial charge in [0.1, 0.15) is 0 Å². The fraction of sp³-hybridized carbons (Fsp3) is 0.438. The van der Waals surface area contributed by atoms with Gasteiger partial charge in [-0.2, -0.15) is 0 Å². The van der Waals surface area contributed by atoms with E-state index in [9.17, 15) is 4.79 Å². The summed E-state index contributed by atoms with van der Waals surface area (Å²) in [6, 6.07) is 6.03. The van der Waals surface area contributed by atoms with E-state index in [1.165, 1.54) is 11.3 Å². The molecule has 21 heavy (non-hydrogen) atoms. The average molecular weight is 301 g/mol. The van der Waals surface area contributed by atoms with Crippen molar-refractivity contribution >= 4 is 23.1 Å². The number of ketones is 1. The molecule has 0 saturated carbocycles. The maximum absolute atomic E-state index is 12.3. The topological polar surface area (TPSA) is 46.1 Å². The minimum absolute atomic E-state index is 0.223. The number of hydrogen-bond acceptors (Lipinski definition) is 5. The lowest BCUT2D eigenvalue weighted by atomic mass is 10.1. The maximum Gasteiger partial charge on any atom is 0.226 e. The molecular formula is C16H19N3OS. The second-order valence-corrected chi connectivity index (χ2v) is 6.49. The second-order valence-electron chi connectivity index (χ2n) is 5.54. The summed E-state index contributed by atoms with van der Waals surface area (Å²) in [6.07, 6.45) is 2.68. The van der Waals surface area contributed by atoms with Crippen LogP contribution in [0, 0.1) is 13.8 Å². The largest absolute Gasteiger partial charge is 0.337 e. The maximum atomic E-state index is 12.3. The summed E-state index contributed by atoms with van der Waals surface area (Å²) < 4.78 is 0. The highest BCUT2D eigenvalue weighted by Gasteiger charge is 2.29. The van der Waals surface area contributed by atoms with E-state index < -0.39 is 0 Å². The Morgan fingerprint density at radius 3 is 2.81 bits per heavy atom. The molecule has 110 valence electrons. The molecule has 3 rings (SSSR count). The van der Waals surface area contributed by atoms with Crippen molar-refractivity contribution < 1.29 is 4.79 Å². The fourth-order valence-electron chi connectivity index (χ4n) is 2.90. The van der Waals surface area contributed by atoms with Crippen LogP contribution in [-0.2, 0) is 0 Å². The van der Waals surface area contributed by atoms with Crippen molar-refractivity contribution in [1.29, 1.82) is 0 Å². The summed E-state index contributed by atoms with van der Waals surface area (Å²) >= 11 is 1.52. The Morgan fingerprint density at radius 1 is 1.38 bits per heavy atom. The summed E-state index contributed by atoms with van der Waals surface area (Å²) in [7, 11) is 0. The Morgan fingerprint density at radius 2 is 2.14 bits per heavy atom. The predicted molar refractivity (Wildman–Crippen MR) is 85.1 cm³/mol. The van der Waals surface area contributed by atoms with Crippen LogP contribution in [0.3, 0.4) is 0 Å². The van der Waals surface area contributed by atoms with Gasteiger partial charge in [-0.25, -0.2) is 9.97 Å². The first kappa shape index (κ1) is 14.2. The van der Waals surface area contributed by atoms with Crippen molar-refractivity contribution in [2.75, 3.05) is 11.4 Å². The molecule has 2 aromatic heterocycles. The van der Waals surface area contributed by atoms with Gasteiger partial charge in [0.2, 0.25) is 5.95 Å². The first-order valence-electron chi connectivity index (χ1n) is 7.29. The first-order chi connectivity index (χ1) is 10.1. The van der Waals surface area contributed by atoms with Crippen LogP contribution < -0.4 is 4.90 Å². The van der Waals surface area contributed by atoms with Crippen LogP contribution in [0.4, 0.5) is 5.95 Å². The van der Waals surface area contributed by atoms with E-state index in [1.807, 2.05) is 37.4 Å². The zero-order chi connectivity index (χ0) is 14.8. The van der Waals surface area contributed by atoms with Gasteiger partial charge in [-0.15, -0.1) is 11.3 Å². The molecule has 1 aliphatic heterocycles. The summed E-state index contributed by atoms with van der Waals surface area (Å²) in [5.41, 5.74) is 1.96. The van der Waals surface area contributed by atoms with Crippen LogP contribution in [0.1, 0.15) is 40.3 Å². The molecule has 0 amide bonds. The lowest BCUT2D eigenvalue weighted by molar-refractivity contribution is 0.0978. The standard InChI is InChI=1S/C16H19N3OS/c1-11-9-12(2)18-16(17-11)19-7-3-5-13(19)10-14(20)15-6-4-8-21-15/h4,6,8-9,13H,3,5,7,10H2,1-2H3. The zero-order valence-electron chi connectivity index (χ0n) is 12.4. The summed E-state index contributed by atoms with van der Waals surface area (Å²) in [5, 5.41) is 1.95. The number of anilines is 1. The van der Waals surface area contributed by atoms with Gasteiger partial charge in [-0.3, -0.25) is 4.79 Å². The van der Waals surface area contributed by atoms with Gasteiger partial charge in [0.15, 0.2) is 5.78 Å². The van der Waals surface area contributed by atoms with Gasteiger partial charge >= 0.3 is 0 Å². The van der Waals surface area contributed by atoms with Crippen molar-refractivity contribution in [2.24, 2.45) is 0 Å². The number of hydrogen-bond donors (Lipinski definition) is 0. The molecule has 0 aromatic carbocycles. The summed E-state index contributed by atoms with van der Waals surface area (Å²) in [4.78, 5) is 24.5. The molecule has 0 bridgehead atoms. The molecule has 1 aliphatic rings. The van der Waals surface area contributed by atoms with Gasteiger partial charge in [0.25, 0.3) is 0 Å². The number of Topliss-reactive ketones (excluding diaryl/α,β-unsaturated/α-hetero) is 1. The Bertz CT molecular complexity index is 619. The third-order valence-corrected chi connectivity index (χ3v) is 4.73. The minimum Gasteiger partial charge on any atom is -0.337 e. The van der Waals surface area contributed by atoms with Gasteiger partial charge in [-0.05, 0) is 44.2 Å². The van der Waals surface area contributed by atoms with Crippen molar-refractivity contribution in [3.63, 3.8) is 0 Å². The van der Waals surface area contributed by atoms with Crippen molar-refractivity contribution in [1.82, 2.24) is 9.97 Å². The third kappa shape index (κ3) is 3.13. The normalized spacial score (nSPS) is 18.2. The molecule has 1 atom stereocenters. The van der Waals surface area contributed by atoms with Crippen molar-refractivity contribution in [3.8, 4) is 0 Å². The molecule has 1 saturated heterocycles. The molecular weight excluding hydrogens is 282 g/mol. The van der Waals surface area contributed by atoms with Gasteiger partial charge < -0.3 is 4.90 Å². The molecule has 1 fully saturated rings. The molecule has 0 spiro atoms. The van der Waals surface area contributed by atoms with Crippen LogP contribution in [0.2, 0.25) is 0 Å². The third-order valence-electron chi connectivity index (χ3n) is 3.82. The molecule has 4 nitrogen and oxygen atoms in total. The highest BCUT2D eigenvalue weighted by molar-refractivity contribution is 7.12. The lowest BCUT2D eigenvalue weighted by Crippen LogP contribution is -2.32. The average Bonchev–Trinajstić information content (AvgIpc) is 3.08. The number of carbonyl (C=O) groups is 1. The molecule has 1 unspecified atom stereocenters. The van der Waals surface area contributed by atoms with E-state index in [-0.39, 0.29) is 11.8 Å². The van der Waals surface area contributed by atoms with E-state index in [0.29, 0.717) is 6.42 Å². The van der Waals surface area contributed by atoms with Crippen LogP contribution >= 0.6 is 11.3 Å². The van der Waals surface area contributed by atoms with E-state index in [0.717, 1.165) is 41.6 Å². The predicted octanol–water partition coefficient (Wildman–Crippen LogP) is 3.40. The molecule has 0 N–H and O–H groups in total. The van der Waals surface area contributed by atoms with Crippen LogP contribution in [0.5, 0.6) is 0 Å². The van der Waals surface area contributed by atoms with Crippen molar-refractivity contribution in [3.05, 3.63) is 39.8 Å². The number of carbonyl (C=O) groups excluding carboxylic acids is 1. The van der Waals surface area contributed by atoms with Crippen molar-refractivity contribution in [2.45, 2.75) is 39.2 Å². The Kier molecular flexibility index (Phi) is 4.01. The molecule has 2 aromatic rings. The smallest absolute Gasteiger partial charge is 0.226 e. The summed E-state index contributed by atoms with van der Waals surface area (Å²) in [5.74, 6) is 1.00. The Labute approximate surface area is 128 Å². The van der Waals surface area contributed by atoms with E-state index in [1.54, 1.807) is 0 Å². The minimum atomic E-state index is 0.223. The number of thiophene rings is 1. The molecule has 3 heterocycles. The number of aryl methyl sites for hydroxylation is 2. The van der Waals surface area contributed by atoms with E-state index in [4.69, 9.17) is 0 Å². The molecule has 0 radical (unpaired) electrons. The molecule has 0 aliphatic carbocycles. The molecule has 5 heteroatoms. The first-order valence-corrected chi connectivity index (χ1v) is 8.17. The number of aromatic nitrogens is 2. The highest BCUT2D eigenvalue weighted by Crippen LogP contribution is 2.26. The zero-order valence-corrected chi connectivity index (χ0v) is 13.2. The fourth-order valence-corrected chi connectivity index (χ4v) is 3.57. The second kappa shape index (κ2) is 5.93. The lowest BCUT2D eigenvalue weighted by Gasteiger charge is -2.24. The summed E-state index contributed by atoms with van der Waals surface area (Å²) in [6.45, 7) is 4.91. The highest BCUT2D eigenvalue weighted by atomic mass is 32.1. The van der Waals surface area contributed by atoms with E-state index >= 15 is 0 Å². The van der Waals surface area contributed by atoms with Gasteiger partial charge in [0.05, 0.1) is 4.88 Å². The number of nitrogens with zero attached hydrogens (tertiary/aromatic N) is 3. The quantitative estimate of drug-likeness (QED) is 0.812. The van der Waals surface area contributed by atoms with Gasteiger partial charge in [-0.1, -0.05) is 6.07 Å². The van der Waals surface area contributed by atoms with Crippen LogP contribution in [-0.4, -0.2) is 28.3 Å². The van der Waals surface area contributed by atoms with Crippen LogP contribution in [0.25, 0.3) is 0 Å². The SMILES string of the molecule is Cc1cc(C)nc(N2CCCC2CC(=O)c2cccs2)n1.